The molecular weight excluding hydrogens is 505 g/mol. The van der Waals surface area contributed by atoms with E-state index in [0.29, 0.717) is 20.9 Å². The summed E-state index contributed by atoms with van der Waals surface area (Å²) in [5.41, 5.74) is 0.547. The van der Waals surface area contributed by atoms with Crippen molar-refractivity contribution in [3.8, 4) is 11.5 Å². The van der Waals surface area contributed by atoms with Gasteiger partial charge in [-0.05, 0) is 65.0 Å². The number of hydrogen-bond acceptors (Lipinski definition) is 8. The molecule has 0 saturated carbocycles. The van der Waals surface area contributed by atoms with Crippen LogP contribution in [0.3, 0.4) is 0 Å². The van der Waals surface area contributed by atoms with E-state index in [1.165, 1.54) is 13.2 Å². The van der Waals surface area contributed by atoms with Crippen LogP contribution in [0.2, 0.25) is 0 Å². The van der Waals surface area contributed by atoms with Gasteiger partial charge in [-0.1, -0.05) is 0 Å². The molecule has 28 heavy (non-hydrogen) atoms. The summed E-state index contributed by atoms with van der Waals surface area (Å²) < 4.78 is 15.8. The lowest BCUT2D eigenvalue weighted by atomic mass is 10.2. The smallest absolute Gasteiger partial charge is 0.341 e. The van der Waals surface area contributed by atoms with E-state index in [2.05, 4.69) is 0 Å². The summed E-state index contributed by atoms with van der Waals surface area (Å²) in [6.07, 6.45) is 1.49. The summed E-state index contributed by atoms with van der Waals surface area (Å²) in [6, 6.07) is 3.21. The Morgan fingerprint density at radius 2 is 2.04 bits per heavy atom. The van der Waals surface area contributed by atoms with Crippen molar-refractivity contribution < 1.29 is 38.5 Å². The Labute approximate surface area is 178 Å². The van der Waals surface area contributed by atoms with Crippen LogP contribution in [0.1, 0.15) is 12.5 Å². The highest BCUT2D eigenvalue weighted by Gasteiger charge is 2.36. The fourth-order valence-electron chi connectivity index (χ4n) is 2.22. The maximum atomic E-state index is 12.4. The number of benzene rings is 1. The SMILES string of the molecule is CCOC(=O)CN1C(=O)S/C(=C/c2cc(I)c(OCC(=O)O)c(OC)c2)C1=O. The molecule has 1 N–H and O–H groups in total. The molecule has 9 nitrogen and oxygen atoms in total. The Balaban J connectivity index is 2.26. The minimum atomic E-state index is -1.13. The fraction of sp³-hybridized carbons (Fsp3) is 0.294. The highest BCUT2D eigenvalue weighted by molar-refractivity contribution is 14.1. The van der Waals surface area contributed by atoms with E-state index >= 15 is 0 Å². The second kappa shape index (κ2) is 9.78. The van der Waals surface area contributed by atoms with E-state index in [1.807, 2.05) is 22.6 Å². The van der Waals surface area contributed by atoms with Crippen molar-refractivity contribution in [1.29, 1.82) is 0 Å². The molecule has 1 aromatic rings. The number of ether oxygens (including phenoxy) is 3. The first-order chi connectivity index (χ1) is 13.3. The zero-order valence-electron chi connectivity index (χ0n) is 14.9. The number of carboxylic acid groups (broad SMARTS) is 1. The lowest BCUT2D eigenvalue weighted by Crippen LogP contribution is -2.34. The summed E-state index contributed by atoms with van der Waals surface area (Å²) in [5.74, 6) is -1.84. The number of halogens is 1. The van der Waals surface area contributed by atoms with E-state index in [1.54, 1.807) is 19.1 Å². The van der Waals surface area contributed by atoms with Gasteiger partial charge in [-0.3, -0.25) is 19.3 Å². The van der Waals surface area contributed by atoms with Crippen LogP contribution in [0.4, 0.5) is 4.79 Å². The van der Waals surface area contributed by atoms with Crippen molar-refractivity contribution in [2.75, 3.05) is 26.9 Å². The number of aliphatic carboxylic acids is 1. The number of amides is 2. The van der Waals surface area contributed by atoms with Crippen LogP contribution in [-0.4, -0.2) is 60.0 Å². The summed E-state index contributed by atoms with van der Waals surface area (Å²) in [5, 5.41) is 8.20. The Morgan fingerprint density at radius 3 is 2.64 bits per heavy atom. The van der Waals surface area contributed by atoms with Crippen molar-refractivity contribution in [2.24, 2.45) is 0 Å². The molecule has 0 atom stereocenters. The average Bonchev–Trinajstić information content (AvgIpc) is 2.87. The van der Waals surface area contributed by atoms with Gasteiger partial charge in [0.05, 0.1) is 22.2 Å². The number of nitrogens with zero attached hydrogens (tertiary/aromatic N) is 1. The number of carboxylic acids is 1. The highest BCUT2D eigenvalue weighted by Crippen LogP contribution is 2.37. The van der Waals surface area contributed by atoms with E-state index < -0.39 is 36.2 Å². The third-order valence-electron chi connectivity index (χ3n) is 3.36. The van der Waals surface area contributed by atoms with Gasteiger partial charge in [0.2, 0.25) is 0 Å². The monoisotopic (exact) mass is 521 g/mol. The predicted octanol–water partition coefficient (Wildman–Crippen LogP) is 2.36. The lowest BCUT2D eigenvalue weighted by Gasteiger charge is -2.12. The molecule has 0 aliphatic carbocycles. The first kappa shape index (κ1) is 22.0. The molecule has 0 aromatic heterocycles. The van der Waals surface area contributed by atoms with Gasteiger partial charge >= 0.3 is 11.9 Å². The quantitative estimate of drug-likeness (QED) is 0.312. The van der Waals surface area contributed by atoms with Gasteiger partial charge in [0, 0.05) is 0 Å². The second-order valence-corrected chi connectivity index (χ2v) is 7.44. The Hall–Kier alpha value is -2.28. The standard InChI is InChI=1S/C17H16INO8S/c1-3-26-14(22)7-19-16(23)12(28-17(19)24)6-9-4-10(18)15(11(5-9)25-2)27-8-13(20)21/h4-6H,3,7-8H2,1-2H3,(H,20,21)/b12-6+. The van der Waals surface area contributed by atoms with Gasteiger partial charge < -0.3 is 19.3 Å². The second-order valence-electron chi connectivity index (χ2n) is 5.29. The topological polar surface area (TPSA) is 119 Å². The van der Waals surface area contributed by atoms with Crippen LogP contribution in [0.25, 0.3) is 6.08 Å². The third kappa shape index (κ3) is 5.38. The summed E-state index contributed by atoms with van der Waals surface area (Å²) in [7, 11) is 1.40. The third-order valence-corrected chi connectivity index (χ3v) is 5.06. The molecule has 0 bridgehead atoms. The van der Waals surface area contributed by atoms with Crippen LogP contribution >= 0.6 is 34.4 Å². The van der Waals surface area contributed by atoms with Crippen molar-refractivity contribution in [1.82, 2.24) is 4.90 Å². The van der Waals surface area contributed by atoms with E-state index in [4.69, 9.17) is 19.3 Å². The van der Waals surface area contributed by atoms with Gasteiger partial charge in [-0.25, -0.2) is 4.79 Å². The van der Waals surface area contributed by atoms with Crippen molar-refractivity contribution >= 4 is 63.5 Å². The van der Waals surface area contributed by atoms with Gasteiger partial charge in [-0.2, -0.15) is 0 Å². The van der Waals surface area contributed by atoms with E-state index in [-0.39, 0.29) is 23.0 Å². The average molecular weight is 521 g/mol. The van der Waals surface area contributed by atoms with Crippen LogP contribution < -0.4 is 9.47 Å². The molecule has 0 spiro atoms. The summed E-state index contributed by atoms with van der Waals surface area (Å²) >= 11 is 2.66. The van der Waals surface area contributed by atoms with Crippen molar-refractivity contribution in [2.45, 2.75) is 6.92 Å². The maximum Gasteiger partial charge on any atom is 0.341 e. The van der Waals surface area contributed by atoms with E-state index in [0.717, 1.165) is 4.90 Å². The first-order valence-electron chi connectivity index (χ1n) is 7.90. The molecule has 1 aliphatic heterocycles. The number of carbonyl (C=O) groups excluding carboxylic acids is 3. The summed E-state index contributed by atoms with van der Waals surface area (Å²) in [6.45, 7) is 0.807. The zero-order valence-corrected chi connectivity index (χ0v) is 17.9. The number of thioether (sulfide) groups is 1. The van der Waals surface area contributed by atoms with Gasteiger partial charge in [-0.15, -0.1) is 0 Å². The number of methoxy groups -OCH3 is 1. The number of rotatable bonds is 8. The Bertz CT molecular complexity index is 854. The molecule has 0 unspecified atom stereocenters. The van der Waals surface area contributed by atoms with Crippen LogP contribution in [0.5, 0.6) is 11.5 Å². The number of imide groups is 1. The van der Waals surface area contributed by atoms with Gasteiger partial charge in [0.15, 0.2) is 18.1 Å². The number of hydrogen-bond donors (Lipinski definition) is 1. The Morgan fingerprint density at radius 1 is 1.32 bits per heavy atom. The molecule has 2 rings (SSSR count). The highest BCUT2D eigenvalue weighted by atomic mass is 127. The molecule has 150 valence electrons. The minimum Gasteiger partial charge on any atom is -0.493 e. The zero-order chi connectivity index (χ0) is 20.8. The van der Waals surface area contributed by atoms with E-state index in [9.17, 15) is 19.2 Å². The molecule has 1 saturated heterocycles. The molecule has 1 aromatic carbocycles. The first-order valence-corrected chi connectivity index (χ1v) is 9.79. The van der Waals surface area contributed by atoms with Crippen LogP contribution in [0.15, 0.2) is 17.0 Å². The fourth-order valence-corrected chi connectivity index (χ4v) is 3.84. The molecule has 0 radical (unpaired) electrons. The van der Waals surface area contributed by atoms with Crippen LogP contribution in [0, 0.1) is 3.57 Å². The number of esters is 1. The van der Waals surface area contributed by atoms with Crippen LogP contribution in [-0.2, 0) is 19.1 Å². The molecular formula is C17H16INO8S. The number of carbonyl (C=O) groups is 4. The predicted molar refractivity (Wildman–Crippen MR) is 108 cm³/mol. The molecule has 2 amide bonds. The lowest BCUT2D eigenvalue weighted by molar-refractivity contribution is -0.146. The van der Waals surface area contributed by atoms with Crippen molar-refractivity contribution in [3.63, 3.8) is 0 Å². The van der Waals surface area contributed by atoms with Gasteiger partial charge in [0.25, 0.3) is 11.1 Å². The Kier molecular flexibility index (Phi) is 7.69. The summed E-state index contributed by atoms with van der Waals surface area (Å²) in [4.78, 5) is 47.7. The maximum absolute atomic E-state index is 12.4. The molecule has 1 heterocycles. The minimum absolute atomic E-state index is 0.145. The molecule has 11 heteroatoms. The van der Waals surface area contributed by atoms with Crippen molar-refractivity contribution in [3.05, 3.63) is 26.2 Å². The normalized spacial score (nSPS) is 15.1. The largest absolute Gasteiger partial charge is 0.493 e. The molecule has 1 fully saturated rings. The van der Waals surface area contributed by atoms with Gasteiger partial charge in [0.1, 0.15) is 6.54 Å². The molecule has 1 aliphatic rings.